The fourth-order valence-corrected chi connectivity index (χ4v) is 3.15. The van der Waals surface area contributed by atoms with Crippen molar-refractivity contribution in [1.82, 2.24) is 15.2 Å². The van der Waals surface area contributed by atoms with E-state index in [1.54, 1.807) is 11.8 Å². The summed E-state index contributed by atoms with van der Waals surface area (Å²) in [4.78, 5) is 33.3. The summed E-state index contributed by atoms with van der Waals surface area (Å²) >= 11 is 0. The Balaban J connectivity index is 1.50. The number of pyridine rings is 1. The van der Waals surface area contributed by atoms with Crippen LogP contribution in [0.25, 0.3) is 0 Å². The molecule has 3 aliphatic rings. The summed E-state index contributed by atoms with van der Waals surface area (Å²) in [7, 11) is 0. The second-order valence-corrected chi connectivity index (χ2v) is 6.67. The number of aromatic nitrogens is 1. The third-order valence-corrected chi connectivity index (χ3v) is 4.87. The molecule has 128 valence electrons. The van der Waals surface area contributed by atoms with Gasteiger partial charge in [-0.1, -0.05) is 6.07 Å². The third-order valence-electron chi connectivity index (χ3n) is 4.87. The van der Waals surface area contributed by atoms with Gasteiger partial charge in [-0.05, 0) is 25.8 Å². The first kappa shape index (κ1) is 15.4. The molecule has 4 rings (SSSR count). The molecule has 0 radical (unpaired) electrons. The van der Waals surface area contributed by atoms with Crippen LogP contribution < -0.4 is 10.2 Å². The second kappa shape index (κ2) is 6.05. The highest BCUT2D eigenvalue weighted by Gasteiger charge is 2.37. The smallest absolute Gasteiger partial charge is 0.273 e. The van der Waals surface area contributed by atoms with Crippen LogP contribution in [0.3, 0.4) is 0 Å². The number of hydrogen-bond donors (Lipinski definition) is 1. The van der Waals surface area contributed by atoms with E-state index >= 15 is 0 Å². The van der Waals surface area contributed by atoms with Crippen molar-refractivity contribution in [2.24, 2.45) is 0 Å². The van der Waals surface area contributed by atoms with E-state index in [-0.39, 0.29) is 11.8 Å². The van der Waals surface area contributed by atoms with E-state index in [1.165, 1.54) is 0 Å². The number of amides is 2. The SMILES string of the molecule is C[C@H](C(=O)NC1CC1)N1Cc2ccc(N3CCOCC3)nc2C1=O. The molecule has 1 aliphatic carbocycles. The summed E-state index contributed by atoms with van der Waals surface area (Å²) < 4.78 is 5.36. The van der Waals surface area contributed by atoms with E-state index in [1.807, 2.05) is 12.1 Å². The Bertz CT molecular complexity index is 668. The molecule has 0 unspecified atom stereocenters. The van der Waals surface area contributed by atoms with Crippen molar-refractivity contribution < 1.29 is 14.3 Å². The Kier molecular flexibility index (Phi) is 3.88. The Labute approximate surface area is 141 Å². The quantitative estimate of drug-likeness (QED) is 0.872. The third kappa shape index (κ3) is 2.84. The first-order valence-corrected chi connectivity index (χ1v) is 8.57. The van der Waals surface area contributed by atoms with Crippen LogP contribution in [-0.2, 0) is 16.1 Å². The molecule has 1 aromatic heterocycles. The fraction of sp³-hybridized carbons (Fsp3) is 0.588. The zero-order valence-corrected chi connectivity index (χ0v) is 13.8. The summed E-state index contributed by atoms with van der Waals surface area (Å²) in [5.74, 6) is 0.577. The van der Waals surface area contributed by atoms with E-state index < -0.39 is 6.04 Å². The minimum absolute atomic E-state index is 0.0768. The highest BCUT2D eigenvalue weighted by atomic mass is 16.5. The van der Waals surface area contributed by atoms with Crippen molar-refractivity contribution in [3.8, 4) is 0 Å². The van der Waals surface area contributed by atoms with Crippen LogP contribution in [-0.4, -0.2) is 60.1 Å². The number of anilines is 1. The highest BCUT2D eigenvalue weighted by Crippen LogP contribution is 2.27. The Morgan fingerprint density at radius 1 is 1.33 bits per heavy atom. The lowest BCUT2D eigenvalue weighted by molar-refractivity contribution is -0.125. The predicted molar refractivity (Wildman–Crippen MR) is 87.8 cm³/mol. The highest BCUT2D eigenvalue weighted by molar-refractivity contribution is 5.99. The summed E-state index contributed by atoms with van der Waals surface area (Å²) in [6, 6.07) is 3.73. The van der Waals surface area contributed by atoms with E-state index in [0.29, 0.717) is 31.5 Å². The Hall–Kier alpha value is -2.15. The number of fused-ring (bicyclic) bond motifs is 1. The molecule has 1 atom stereocenters. The number of hydrogen-bond acceptors (Lipinski definition) is 5. The van der Waals surface area contributed by atoms with Crippen LogP contribution in [0.15, 0.2) is 12.1 Å². The molecular weight excluding hydrogens is 308 g/mol. The topological polar surface area (TPSA) is 74.8 Å². The lowest BCUT2D eigenvalue weighted by Gasteiger charge is -2.27. The number of carbonyl (C=O) groups is 2. The lowest BCUT2D eigenvalue weighted by Crippen LogP contribution is -2.46. The first-order valence-electron chi connectivity index (χ1n) is 8.57. The molecule has 24 heavy (non-hydrogen) atoms. The van der Waals surface area contributed by atoms with Crippen LogP contribution >= 0.6 is 0 Å². The van der Waals surface area contributed by atoms with Crippen molar-refractivity contribution >= 4 is 17.6 Å². The van der Waals surface area contributed by atoms with Crippen molar-refractivity contribution in [3.63, 3.8) is 0 Å². The molecular formula is C17H22N4O3. The Morgan fingerprint density at radius 2 is 2.08 bits per heavy atom. The van der Waals surface area contributed by atoms with Crippen molar-refractivity contribution in [1.29, 1.82) is 0 Å². The maximum absolute atomic E-state index is 12.7. The average molecular weight is 330 g/mol. The van der Waals surface area contributed by atoms with Gasteiger partial charge in [0, 0.05) is 31.2 Å². The summed E-state index contributed by atoms with van der Waals surface area (Å²) in [6.45, 7) is 5.15. The molecule has 0 bridgehead atoms. The van der Waals surface area contributed by atoms with E-state index in [4.69, 9.17) is 4.74 Å². The molecule has 1 saturated carbocycles. The number of rotatable bonds is 4. The minimum Gasteiger partial charge on any atom is -0.378 e. The number of morpholine rings is 1. The average Bonchev–Trinajstić information content (AvgIpc) is 3.37. The van der Waals surface area contributed by atoms with Gasteiger partial charge in [-0.25, -0.2) is 4.98 Å². The normalized spacial score (nSPS) is 21.6. The minimum atomic E-state index is -0.473. The van der Waals surface area contributed by atoms with Gasteiger partial charge < -0.3 is 19.9 Å². The van der Waals surface area contributed by atoms with Crippen LogP contribution in [0.2, 0.25) is 0 Å². The molecule has 3 heterocycles. The van der Waals surface area contributed by atoms with E-state index in [0.717, 1.165) is 37.3 Å². The molecule has 1 aromatic rings. The molecule has 0 spiro atoms. The fourth-order valence-electron chi connectivity index (χ4n) is 3.15. The number of carbonyl (C=O) groups excluding carboxylic acids is 2. The maximum Gasteiger partial charge on any atom is 0.273 e. The maximum atomic E-state index is 12.7. The molecule has 1 N–H and O–H groups in total. The van der Waals surface area contributed by atoms with Gasteiger partial charge >= 0.3 is 0 Å². The van der Waals surface area contributed by atoms with Crippen molar-refractivity contribution in [2.45, 2.75) is 38.4 Å². The molecule has 2 aliphatic heterocycles. The largest absolute Gasteiger partial charge is 0.378 e. The predicted octanol–water partition coefficient (Wildman–Crippen LogP) is 0.541. The van der Waals surface area contributed by atoms with Crippen LogP contribution in [0, 0.1) is 0 Å². The van der Waals surface area contributed by atoms with Gasteiger partial charge in [0.25, 0.3) is 5.91 Å². The van der Waals surface area contributed by atoms with E-state index in [9.17, 15) is 9.59 Å². The van der Waals surface area contributed by atoms with Gasteiger partial charge in [-0.15, -0.1) is 0 Å². The standard InChI is InChI=1S/C17H22N4O3/c1-11(16(22)18-13-3-4-13)21-10-12-2-5-14(19-15(12)17(21)23)20-6-8-24-9-7-20/h2,5,11,13H,3-4,6-10H2,1H3,(H,18,22)/t11-/m1/s1. The first-order chi connectivity index (χ1) is 11.6. The number of nitrogens with zero attached hydrogens (tertiary/aromatic N) is 3. The molecule has 7 nitrogen and oxygen atoms in total. The molecule has 0 aromatic carbocycles. The van der Waals surface area contributed by atoms with Crippen molar-refractivity contribution in [3.05, 3.63) is 23.4 Å². The van der Waals surface area contributed by atoms with Crippen LogP contribution in [0.5, 0.6) is 0 Å². The zero-order valence-electron chi connectivity index (χ0n) is 13.8. The van der Waals surface area contributed by atoms with Gasteiger partial charge in [0.1, 0.15) is 17.6 Å². The van der Waals surface area contributed by atoms with Gasteiger partial charge in [-0.3, -0.25) is 9.59 Å². The van der Waals surface area contributed by atoms with Gasteiger partial charge in [0.15, 0.2) is 0 Å². The second-order valence-electron chi connectivity index (χ2n) is 6.67. The monoisotopic (exact) mass is 330 g/mol. The van der Waals surface area contributed by atoms with E-state index in [2.05, 4.69) is 15.2 Å². The molecule has 7 heteroatoms. The van der Waals surface area contributed by atoms with Gasteiger partial charge in [-0.2, -0.15) is 0 Å². The molecule has 2 fully saturated rings. The lowest BCUT2D eigenvalue weighted by atomic mass is 10.2. The number of nitrogens with one attached hydrogen (secondary N) is 1. The summed E-state index contributed by atoms with van der Waals surface area (Å²) in [5, 5.41) is 2.97. The molecule has 2 amide bonds. The summed E-state index contributed by atoms with van der Waals surface area (Å²) in [5.41, 5.74) is 1.37. The van der Waals surface area contributed by atoms with Crippen LogP contribution in [0.1, 0.15) is 35.8 Å². The van der Waals surface area contributed by atoms with Crippen LogP contribution in [0.4, 0.5) is 5.82 Å². The number of ether oxygens (including phenoxy) is 1. The Morgan fingerprint density at radius 3 is 2.79 bits per heavy atom. The van der Waals surface area contributed by atoms with Crippen molar-refractivity contribution in [2.75, 3.05) is 31.2 Å². The van der Waals surface area contributed by atoms with Gasteiger partial charge in [0.2, 0.25) is 5.91 Å². The summed E-state index contributed by atoms with van der Waals surface area (Å²) in [6.07, 6.45) is 2.08. The molecule has 1 saturated heterocycles. The zero-order chi connectivity index (χ0) is 16.7. The van der Waals surface area contributed by atoms with Gasteiger partial charge in [0.05, 0.1) is 13.2 Å².